The minimum Gasteiger partial charge on any atom is -0.497 e. The molecule has 1 unspecified atom stereocenters. The lowest BCUT2D eigenvalue weighted by molar-refractivity contribution is -0.243. The van der Waals surface area contributed by atoms with Crippen LogP contribution in [0, 0.1) is 0 Å². The van der Waals surface area contributed by atoms with Crippen LogP contribution in [0.4, 0.5) is 0 Å². The summed E-state index contributed by atoms with van der Waals surface area (Å²) in [5, 5.41) is 41.0. The van der Waals surface area contributed by atoms with Crippen molar-refractivity contribution in [3.63, 3.8) is 0 Å². The zero-order valence-electron chi connectivity index (χ0n) is 15.7. The minimum absolute atomic E-state index is 0.560. The molecule has 28 heavy (non-hydrogen) atoms. The zero-order valence-corrected chi connectivity index (χ0v) is 16.5. The van der Waals surface area contributed by atoms with Crippen molar-refractivity contribution in [2.75, 3.05) is 7.11 Å². The molecule has 6 nitrogen and oxygen atoms in total. The second-order valence-electron chi connectivity index (χ2n) is 7.11. The van der Waals surface area contributed by atoms with Crippen LogP contribution in [-0.4, -0.2) is 58.1 Å². The topological polar surface area (TPSA) is 99.4 Å². The minimum atomic E-state index is -1.43. The maximum absolute atomic E-state index is 10.4. The van der Waals surface area contributed by atoms with Gasteiger partial charge in [0, 0.05) is 5.02 Å². The molecule has 6 atom stereocenters. The summed E-state index contributed by atoms with van der Waals surface area (Å²) in [6.07, 6.45) is -6.50. The van der Waals surface area contributed by atoms with Gasteiger partial charge in [0.05, 0.1) is 13.2 Å². The highest BCUT2D eigenvalue weighted by Gasteiger charge is 2.45. The smallest absolute Gasteiger partial charge is 0.118 e. The van der Waals surface area contributed by atoms with Crippen LogP contribution in [0.3, 0.4) is 0 Å². The number of hydrogen-bond donors (Lipinski definition) is 4. The van der Waals surface area contributed by atoms with Crippen molar-refractivity contribution in [2.45, 2.75) is 50.0 Å². The van der Waals surface area contributed by atoms with Crippen molar-refractivity contribution in [3.05, 3.63) is 64.2 Å². The molecule has 7 heteroatoms. The van der Waals surface area contributed by atoms with E-state index in [-0.39, 0.29) is 0 Å². The second kappa shape index (κ2) is 8.78. The maximum atomic E-state index is 10.4. The summed E-state index contributed by atoms with van der Waals surface area (Å²) >= 11 is 6.35. The number of ether oxygens (including phenoxy) is 2. The van der Waals surface area contributed by atoms with Crippen LogP contribution < -0.4 is 4.74 Å². The molecule has 1 fully saturated rings. The average molecular weight is 409 g/mol. The van der Waals surface area contributed by atoms with Gasteiger partial charge in [-0.25, -0.2) is 0 Å². The Labute approximate surface area is 168 Å². The lowest BCUT2D eigenvalue weighted by Gasteiger charge is -2.42. The molecule has 0 saturated carbocycles. The molecule has 2 aromatic carbocycles. The van der Waals surface area contributed by atoms with E-state index in [1.54, 1.807) is 19.2 Å². The van der Waals surface area contributed by atoms with Crippen molar-refractivity contribution >= 4 is 11.6 Å². The standard InChI is InChI=1S/C21H25ClO6/c1-11(23)20-18(25)17(24)19(26)21(28-20)13-5-8-16(22)14(10-13)9-12-3-6-15(27-2)7-4-12/h3-8,10-11,17-21,23-26H,9H2,1-2H3/t11?,17-,18-,19+,20+,21-/m0/s1. The Kier molecular flexibility index (Phi) is 6.60. The Morgan fingerprint density at radius 2 is 1.71 bits per heavy atom. The number of hydrogen-bond acceptors (Lipinski definition) is 6. The molecule has 1 aliphatic rings. The summed E-state index contributed by atoms with van der Waals surface area (Å²) in [7, 11) is 1.61. The molecule has 0 aromatic heterocycles. The van der Waals surface area contributed by atoms with Gasteiger partial charge in [-0.15, -0.1) is 0 Å². The van der Waals surface area contributed by atoms with Crippen LogP contribution in [0.2, 0.25) is 5.02 Å². The highest BCUT2D eigenvalue weighted by molar-refractivity contribution is 6.31. The zero-order chi connectivity index (χ0) is 20.4. The molecule has 152 valence electrons. The first-order valence-corrected chi connectivity index (χ1v) is 9.48. The normalized spacial score (nSPS) is 28.8. The molecule has 3 rings (SSSR count). The number of benzene rings is 2. The number of rotatable bonds is 5. The predicted octanol–water partition coefficient (Wildman–Crippen LogP) is 1.84. The van der Waals surface area contributed by atoms with E-state index in [0.717, 1.165) is 16.9 Å². The summed E-state index contributed by atoms with van der Waals surface area (Å²) in [4.78, 5) is 0. The molecule has 0 bridgehead atoms. The number of halogens is 1. The van der Waals surface area contributed by atoms with E-state index in [2.05, 4.69) is 0 Å². The van der Waals surface area contributed by atoms with Gasteiger partial charge in [0.1, 0.15) is 36.3 Å². The second-order valence-corrected chi connectivity index (χ2v) is 7.52. The Morgan fingerprint density at radius 1 is 1.04 bits per heavy atom. The largest absolute Gasteiger partial charge is 0.497 e. The first-order chi connectivity index (χ1) is 13.3. The Bertz CT molecular complexity index is 794. The van der Waals surface area contributed by atoms with Gasteiger partial charge >= 0.3 is 0 Å². The molecule has 1 heterocycles. The third-order valence-electron chi connectivity index (χ3n) is 5.08. The van der Waals surface area contributed by atoms with Gasteiger partial charge in [0.15, 0.2) is 0 Å². The summed E-state index contributed by atoms with van der Waals surface area (Å²) in [6, 6.07) is 12.8. The van der Waals surface area contributed by atoms with E-state index in [1.807, 2.05) is 30.3 Å². The molecule has 1 aliphatic heterocycles. The van der Waals surface area contributed by atoms with Crippen molar-refractivity contribution in [1.82, 2.24) is 0 Å². The Morgan fingerprint density at radius 3 is 2.32 bits per heavy atom. The van der Waals surface area contributed by atoms with E-state index >= 15 is 0 Å². The molecule has 0 radical (unpaired) electrons. The van der Waals surface area contributed by atoms with Crippen LogP contribution in [0.25, 0.3) is 0 Å². The van der Waals surface area contributed by atoms with Gasteiger partial charge in [-0.3, -0.25) is 0 Å². The van der Waals surface area contributed by atoms with Crippen molar-refractivity contribution in [1.29, 1.82) is 0 Å². The summed E-state index contributed by atoms with van der Waals surface area (Å²) in [5.41, 5.74) is 2.47. The third kappa shape index (κ3) is 4.33. The summed E-state index contributed by atoms with van der Waals surface area (Å²) in [6.45, 7) is 1.46. The van der Waals surface area contributed by atoms with E-state index in [9.17, 15) is 20.4 Å². The van der Waals surface area contributed by atoms with Gasteiger partial charge in [-0.05, 0) is 48.2 Å². The quantitative estimate of drug-likeness (QED) is 0.602. The summed E-state index contributed by atoms with van der Waals surface area (Å²) in [5.74, 6) is 0.763. The fourth-order valence-corrected chi connectivity index (χ4v) is 3.64. The average Bonchev–Trinajstić information content (AvgIpc) is 2.68. The lowest BCUT2D eigenvalue weighted by atomic mass is 9.88. The van der Waals surface area contributed by atoms with Crippen LogP contribution >= 0.6 is 11.6 Å². The third-order valence-corrected chi connectivity index (χ3v) is 5.45. The number of aliphatic hydroxyl groups is 4. The lowest BCUT2D eigenvalue weighted by Crippen LogP contribution is -2.57. The number of methoxy groups -OCH3 is 1. The van der Waals surface area contributed by atoms with Gasteiger partial charge < -0.3 is 29.9 Å². The van der Waals surface area contributed by atoms with E-state index in [0.29, 0.717) is 17.0 Å². The summed E-state index contributed by atoms with van der Waals surface area (Å²) < 4.78 is 10.9. The van der Waals surface area contributed by atoms with Crippen molar-refractivity contribution < 1.29 is 29.9 Å². The first-order valence-electron chi connectivity index (χ1n) is 9.10. The van der Waals surface area contributed by atoms with Gasteiger partial charge in [-0.1, -0.05) is 35.9 Å². The highest BCUT2D eigenvalue weighted by Crippen LogP contribution is 2.35. The molecule has 0 spiro atoms. The van der Waals surface area contributed by atoms with Crippen LogP contribution in [-0.2, 0) is 11.2 Å². The maximum Gasteiger partial charge on any atom is 0.118 e. The fraction of sp³-hybridized carbons (Fsp3) is 0.429. The Hall–Kier alpha value is -1.67. The van der Waals surface area contributed by atoms with Crippen molar-refractivity contribution in [2.24, 2.45) is 0 Å². The van der Waals surface area contributed by atoms with Gasteiger partial charge in [-0.2, -0.15) is 0 Å². The monoisotopic (exact) mass is 408 g/mol. The molecule has 0 aliphatic carbocycles. The van der Waals surface area contributed by atoms with Crippen LogP contribution in [0.1, 0.15) is 29.7 Å². The molecule has 2 aromatic rings. The van der Waals surface area contributed by atoms with Crippen molar-refractivity contribution in [3.8, 4) is 5.75 Å². The molecule has 4 N–H and O–H groups in total. The fourth-order valence-electron chi connectivity index (χ4n) is 3.45. The van der Waals surface area contributed by atoms with E-state index < -0.39 is 36.6 Å². The van der Waals surface area contributed by atoms with Crippen LogP contribution in [0.15, 0.2) is 42.5 Å². The van der Waals surface area contributed by atoms with Gasteiger partial charge in [0.25, 0.3) is 0 Å². The highest BCUT2D eigenvalue weighted by atomic mass is 35.5. The molecular weight excluding hydrogens is 384 g/mol. The predicted molar refractivity (Wildman–Crippen MR) is 105 cm³/mol. The van der Waals surface area contributed by atoms with Gasteiger partial charge in [0.2, 0.25) is 0 Å². The SMILES string of the molecule is COc1ccc(Cc2cc([C@@H]3O[C@H](C(C)O)[C@@H](O)[C@H](O)[C@H]3O)ccc2Cl)cc1. The first kappa shape index (κ1) is 21.0. The number of aliphatic hydroxyl groups excluding tert-OH is 4. The van der Waals surface area contributed by atoms with E-state index in [1.165, 1.54) is 6.92 Å². The molecular formula is C21H25ClO6. The Balaban J connectivity index is 1.87. The molecule has 1 saturated heterocycles. The molecule has 0 amide bonds. The van der Waals surface area contributed by atoms with E-state index in [4.69, 9.17) is 21.1 Å². The van der Waals surface area contributed by atoms with Crippen LogP contribution in [0.5, 0.6) is 5.75 Å².